The largest absolute Gasteiger partial charge is 0.573 e. The normalized spacial score (nSPS) is 13.9. The number of rotatable bonds is 8. The Morgan fingerprint density at radius 1 is 0.881 bits per heavy atom. The van der Waals surface area contributed by atoms with Crippen molar-refractivity contribution < 1.29 is 27.5 Å². The lowest BCUT2D eigenvalue weighted by Crippen LogP contribution is -2.33. The number of aromatic nitrogens is 4. The van der Waals surface area contributed by atoms with Gasteiger partial charge in [0.25, 0.3) is 11.9 Å². The van der Waals surface area contributed by atoms with Crippen LogP contribution in [-0.2, 0) is 0 Å². The Morgan fingerprint density at radius 2 is 1.57 bits per heavy atom. The maximum absolute atomic E-state index is 13.0. The van der Waals surface area contributed by atoms with Crippen LogP contribution < -0.4 is 20.7 Å². The number of hydrogen-bond donors (Lipinski definition) is 4. The van der Waals surface area contributed by atoms with E-state index in [-0.39, 0.29) is 11.6 Å². The number of alkyl halides is 3. The van der Waals surface area contributed by atoms with E-state index >= 15 is 0 Å². The van der Waals surface area contributed by atoms with E-state index in [4.69, 9.17) is 0 Å². The first-order valence-corrected chi connectivity index (χ1v) is 13.1. The molecule has 0 radical (unpaired) electrons. The van der Waals surface area contributed by atoms with Crippen LogP contribution in [0.1, 0.15) is 58.8 Å². The van der Waals surface area contributed by atoms with Crippen LogP contribution in [0.3, 0.4) is 0 Å². The summed E-state index contributed by atoms with van der Waals surface area (Å²) in [5.41, 5.74) is 4.52. The van der Waals surface area contributed by atoms with Gasteiger partial charge in [-0.15, -0.1) is 18.3 Å². The number of hydrogen-bond acceptors (Lipinski definition) is 6. The lowest BCUT2D eigenvalue weighted by Gasteiger charge is -2.21. The number of tetrazole rings is 1. The molecule has 0 saturated heterocycles. The van der Waals surface area contributed by atoms with Gasteiger partial charge in [-0.2, -0.15) is 5.21 Å². The highest BCUT2D eigenvalue weighted by Crippen LogP contribution is 2.30. The first-order valence-electron chi connectivity index (χ1n) is 13.1. The summed E-state index contributed by atoms with van der Waals surface area (Å²) < 4.78 is 41.3. The van der Waals surface area contributed by atoms with Gasteiger partial charge in [0.15, 0.2) is 0 Å². The van der Waals surface area contributed by atoms with Gasteiger partial charge in [-0.25, -0.2) is 4.79 Å². The van der Waals surface area contributed by atoms with Gasteiger partial charge >= 0.3 is 12.4 Å². The number of carbonyl (C=O) groups is 2. The second-order valence-corrected chi connectivity index (χ2v) is 9.51. The van der Waals surface area contributed by atoms with Gasteiger partial charge in [0.05, 0.1) is 6.04 Å². The van der Waals surface area contributed by atoms with E-state index in [9.17, 15) is 22.8 Å². The second-order valence-electron chi connectivity index (χ2n) is 9.51. The molecule has 0 spiro atoms. The van der Waals surface area contributed by atoms with Crippen molar-refractivity contribution in [2.75, 3.05) is 10.6 Å². The van der Waals surface area contributed by atoms with Gasteiger partial charge in [-0.1, -0.05) is 47.6 Å². The number of ether oxygens (including phenoxy) is 1. The fraction of sp³-hybridized carbons (Fsp3) is 0.207. The molecular formula is C29H26F3N7O3. The Labute approximate surface area is 238 Å². The molecule has 3 amide bonds. The van der Waals surface area contributed by atoms with Crippen LogP contribution in [0.15, 0.2) is 78.9 Å². The zero-order valence-corrected chi connectivity index (χ0v) is 22.1. The lowest BCUT2D eigenvalue weighted by molar-refractivity contribution is -0.274. The molecule has 1 unspecified atom stereocenters. The SMILES string of the molecule is O=C(Nc1ccc(OC(F)(F)F)cc1)NC(c1ccc(C(=O)Nc2nn[nH]n2)cc1)c1ccc(C2=CCCCC2)cc1. The molecule has 42 heavy (non-hydrogen) atoms. The Kier molecular flexibility index (Phi) is 8.46. The van der Waals surface area contributed by atoms with E-state index in [2.05, 4.69) is 47.4 Å². The van der Waals surface area contributed by atoms with Crippen LogP contribution in [-0.4, -0.2) is 38.9 Å². The van der Waals surface area contributed by atoms with Crippen LogP contribution in [0.25, 0.3) is 5.57 Å². The fourth-order valence-electron chi connectivity index (χ4n) is 4.60. The van der Waals surface area contributed by atoms with Crippen molar-refractivity contribution in [3.05, 3.63) is 101 Å². The standard InChI is InChI=1S/C29H26F3N7O3/c30-29(31,32)42-24-16-14-23(15-17-24)33-28(41)34-25(20-8-6-19(7-9-20)18-4-2-1-3-5-18)21-10-12-22(13-11-21)26(40)35-27-36-38-39-37-27/h4,6-17,25H,1-3,5H2,(H2,33,34,41)(H2,35,36,37,38,39,40). The first-order chi connectivity index (χ1) is 20.2. The number of halogens is 3. The maximum Gasteiger partial charge on any atom is 0.573 e. The molecule has 10 nitrogen and oxygen atoms in total. The van der Waals surface area contributed by atoms with E-state index in [0.29, 0.717) is 11.1 Å². The molecule has 0 aliphatic heterocycles. The van der Waals surface area contributed by atoms with Crippen molar-refractivity contribution in [1.29, 1.82) is 0 Å². The van der Waals surface area contributed by atoms with Crippen molar-refractivity contribution in [1.82, 2.24) is 25.9 Å². The molecular weight excluding hydrogens is 551 g/mol. The zero-order chi connectivity index (χ0) is 29.5. The maximum atomic E-state index is 13.0. The van der Waals surface area contributed by atoms with Crippen LogP contribution in [0.2, 0.25) is 0 Å². The number of amides is 3. The highest BCUT2D eigenvalue weighted by atomic mass is 19.4. The summed E-state index contributed by atoms with van der Waals surface area (Å²) in [5.74, 6) is -0.803. The molecule has 216 valence electrons. The number of carbonyl (C=O) groups excluding carboxylic acids is 2. The number of aromatic amines is 1. The second kappa shape index (κ2) is 12.5. The number of anilines is 2. The monoisotopic (exact) mass is 577 g/mol. The van der Waals surface area contributed by atoms with Crippen molar-refractivity contribution in [2.24, 2.45) is 0 Å². The molecule has 1 aliphatic carbocycles. The number of benzene rings is 3. The van der Waals surface area contributed by atoms with E-state index in [1.807, 2.05) is 24.3 Å². The minimum absolute atomic E-state index is 0.0338. The molecule has 0 saturated carbocycles. The van der Waals surface area contributed by atoms with Crippen LogP contribution >= 0.6 is 0 Å². The number of allylic oxidation sites excluding steroid dienone is 2. The molecule has 1 aliphatic rings. The van der Waals surface area contributed by atoms with E-state index in [1.54, 1.807) is 24.3 Å². The summed E-state index contributed by atoms with van der Waals surface area (Å²) in [6.07, 6.45) is 1.84. The summed E-state index contributed by atoms with van der Waals surface area (Å²) in [5, 5.41) is 21.1. The molecule has 3 aromatic carbocycles. The Morgan fingerprint density at radius 3 is 2.17 bits per heavy atom. The van der Waals surface area contributed by atoms with Gasteiger partial charge in [-0.05, 0) is 89.6 Å². The molecule has 1 heterocycles. The number of nitrogens with one attached hydrogen (secondary N) is 4. The molecule has 4 N–H and O–H groups in total. The Hall–Kier alpha value is -5.20. The van der Waals surface area contributed by atoms with Gasteiger partial charge in [0.2, 0.25) is 0 Å². The third-order valence-electron chi connectivity index (χ3n) is 6.60. The fourth-order valence-corrected chi connectivity index (χ4v) is 4.60. The predicted molar refractivity (Wildman–Crippen MR) is 149 cm³/mol. The summed E-state index contributed by atoms with van der Waals surface area (Å²) in [6, 6.07) is 18.2. The Bertz CT molecular complexity index is 1540. The summed E-state index contributed by atoms with van der Waals surface area (Å²) in [4.78, 5) is 25.6. The van der Waals surface area contributed by atoms with Crippen LogP contribution in [0.5, 0.6) is 5.75 Å². The average molecular weight is 578 g/mol. The van der Waals surface area contributed by atoms with E-state index < -0.39 is 30.1 Å². The number of H-pyrrole nitrogens is 1. The molecule has 0 bridgehead atoms. The van der Waals surface area contributed by atoms with Gasteiger partial charge in [0, 0.05) is 11.3 Å². The number of urea groups is 1. The van der Waals surface area contributed by atoms with Crippen molar-refractivity contribution in [3.63, 3.8) is 0 Å². The van der Waals surface area contributed by atoms with Crippen LogP contribution in [0, 0.1) is 0 Å². The lowest BCUT2D eigenvalue weighted by atomic mass is 9.91. The highest BCUT2D eigenvalue weighted by Gasteiger charge is 2.31. The quantitative estimate of drug-likeness (QED) is 0.197. The molecule has 13 heteroatoms. The van der Waals surface area contributed by atoms with Crippen LogP contribution in [0.4, 0.5) is 29.6 Å². The molecule has 1 aromatic heterocycles. The van der Waals surface area contributed by atoms with Gasteiger partial charge < -0.3 is 15.4 Å². The van der Waals surface area contributed by atoms with E-state index in [1.165, 1.54) is 24.1 Å². The summed E-state index contributed by atoms with van der Waals surface area (Å²) in [7, 11) is 0. The molecule has 5 rings (SSSR count). The van der Waals surface area contributed by atoms with Gasteiger partial charge in [0.1, 0.15) is 5.75 Å². The Balaban J connectivity index is 1.34. The third kappa shape index (κ3) is 7.50. The third-order valence-corrected chi connectivity index (χ3v) is 6.60. The average Bonchev–Trinajstić information content (AvgIpc) is 3.50. The van der Waals surface area contributed by atoms with Crippen molar-refractivity contribution in [2.45, 2.75) is 38.1 Å². The summed E-state index contributed by atoms with van der Waals surface area (Å²) in [6.45, 7) is 0. The van der Waals surface area contributed by atoms with Gasteiger partial charge in [-0.3, -0.25) is 10.1 Å². The number of nitrogens with zero attached hydrogens (tertiary/aromatic N) is 3. The smallest absolute Gasteiger partial charge is 0.406 e. The minimum Gasteiger partial charge on any atom is -0.406 e. The molecule has 0 fully saturated rings. The topological polar surface area (TPSA) is 134 Å². The highest BCUT2D eigenvalue weighted by molar-refractivity contribution is 6.03. The molecule has 1 atom stereocenters. The summed E-state index contributed by atoms with van der Waals surface area (Å²) >= 11 is 0. The minimum atomic E-state index is -4.81. The zero-order valence-electron chi connectivity index (χ0n) is 22.1. The van der Waals surface area contributed by atoms with E-state index in [0.717, 1.165) is 42.5 Å². The predicted octanol–water partition coefficient (Wildman–Crippen LogP) is 6.22. The first kappa shape index (κ1) is 28.3. The molecule has 4 aromatic rings. The van der Waals surface area contributed by atoms with Crippen molar-refractivity contribution in [3.8, 4) is 5.75 Å². The van der Waals surface area contributed by atoms with Crippen molar-refractivity contribution >= 4 is 29.1 Å².